The van der Waals surface area contributed by atoms with Crippen molar-refractivity contribution in [1.82, 2.24) is 5.32 Å². The average Bonchev–Trinajstić information content (AvgIpc) is 2.45. The van der Waals surface area contributed by atoms with Crippen LogP contribution in [0.4, 0.5) is 4.39 Å². The van der Waals surface area contributed by atoms with Crippen molar-refractivity contribution in [1.29, 1.82) is 0 Å². The number of Topliss-reactive ketones (excluding diaryl/α,β-unsaturated/α-hetero) is 1. The van der Waals surface area contributed by atoms with Crippen LogP contribution in [0.1, 0.15) is 37.0 Å². The standard InChI is InChI=1S/C16H22FNO3/c1-11(2)8-9-18-14(10-15(19)21-3)16(20)12-4-6-13(17)7-5-12/h4-7,11,14,18H,8-10H2,1-3H3. The van der Waals surface area contributed by atoms with Gasteiger partial charge in [0, 0.05) is 5.56 Å². The number of hydrogen-bond donors (Lipinski definition) is 1. The lowest BCUT2D eigenvalue weighted by Crippen LogP contribution is -2.39. The van der Waals surface area contributed by atoms with E-state index in [1.54, 1.807) is 0 Å². The first-order valence-corrected chi connectivity index (χ1v) is 7.04. The summed E-state index contributed by atoms with van der Waals surface area (Å²) in [7, 11) is 1.29. The third-order valence-corrected chi connectivity index (χ3v) is 3.16. The smallest absolute Gasteiger partial charge is 0.307 e. The molecule has 0 amide bonds. The highest BCUT2D eigenvalue weighted by Gasteiger charge is 2.23. The van der Waals surface area contributed by atoms with Gasteiger partial charge < -0.3 is 10.1 Å². The van der Waals surface area contributed by atoms with Gasteiger partial charge >= 0.3 is 5.97 Å². The summed E-state index contributed by atoms with van der Waals surface area (Å²) in [5.74, 6) is -0.585. The highest BCUT2D eigenvalue weighted by molar-refractivity contribution is 6.01. The predicted octanol–water partition coefficient (Wildman–Crippen LogP) is 2.58. The number of nitrogens with one attached hydrogen (secondary N) is 1. The lowest BCUT2D eigenvalue weighted by atomic mass is 10.0. The molecule has 0 aliphatic heterocycles. The number of esters is 1. The van der Waals surface area contributed by atoms with E-state index in [-0.39, 0.29) is 12.2 Å². The number of ketones is 1. The number of methoxy groups -OCH3 is 1. The van der Waals surface area contributed by atoms with Gasteiger partial charge in [-0.1, -0.05) is 13.8 Å². The number of benzene rings is 1. The Labute approximate surface area is 124 Å². The molecule has 116 valence electrons. The largest absolute Gasteiger partial charge is 0.469 e. The van der Waals surface area contributed by atoms with Crippen molar-refractivity contribution in [3.63, 3.8) is 0 Å². The molecule has 0 fully saturated rings. The minimum Gasteiger partial charge on any atom is -0.469 e. The van der Waals surface area contributed by atoms with Crippen LogP contribution in [0.2, 0.25) is 0 Å². The molecule has 0 radical (unpaired) electrons. The fraction of sp³-hybridized carbons (Fsp3) is 0.500. The van der Waals surface area contributed by atoms with E-state index in [0.717, 1.165) is 6.42 Å². The highest BCUT2D eigenvalue weighted by atomic mass is 19.1. The molecule has 1 aromatic carbocycles. The topological polar surface area (TPSA) is 55.4 Å². The number of carbonyl (C=O) groups excluding carboxylic acids is 2. The fourth-order valence-electron chi connectivity index (χ4n) is 1.87. The fourth-order valence-corrected chi connectivity index (χ4v) is 1.87. The molecule has 0 heterocycles. The van der Waals surface area contributed by atoms with Crippen LogP contribution in [0.25, 0.3) is 0 Å². The number of hydrogen-bond acceptors (Lipinski definition) is 4. The Balaban J connectivity index is 2.75. The average molecular weight is 295 g/mol. The molecule has 1 N–H and O–H groups in total. The van der Waals surface area contributed by atoms with Gasteiger partial charge in [0.1, 0.15) is 5.82 Å². The van der Waals surface area contributed by atoms with E-state index >= 15 is 0 Å². The third-order valence-electron chi connectivity index (χ3n) is 3.16. The molecule has 0 aliphatic rings. The van der Waals surface area contributed by atoms with Crippen molar-refractivity contribution in [2.45, 2.75) is 32.7 Å². The van der Waals surface area contributed by atoms with Crippen LogP contribution in [0.5, 0.6) is 0 Å². The third kappa shape index (κ3) is 6.04. The number of ether oxygens (including phenoxy) is 1. The Hall–Kier alpha value is -1.75. The minimum absolute atomic E-state index is 0.0369. The maximum atomic E-state index is 12.9. The van der Waals surface area contributed by atoms with E-state index in [0.29, 0.717) is 18.0 Å². The second kappa shape index (κ2) is 8.52. The van der Waals surface area contributed by atoms with Gasteiger partial charge in [-0.25, -0.2) is 4.39 Å². The highest BCUT2D eigenvalue weighted by Crippen LogP contribution is 2.09. The molecule has 0 spiro atoms. The van der Waals surface area contributed by atoms with Crippen molar-refractivity contribution >= 4 is 11.8 Å². The van der Waals surface area contributed by atoms with Gasteiger partial charge in [0.2, 0.25) is 0 Å². The molecular weight excluding hydrogens is 273 g/mol. The molecule has 0 saturated heterocycles. The van der Waals surface area contributed by atoms with E-state index in [1.165, 1.54) is 31.4 Å². The van der Waals surface area contributed by atoms with E-state index in [2.05, 4.69) is 23.9 Å². The van der Waals surface area contributed by atoms with E-state index < -0.39 is 17.8 Å². The Bertz CT molecular complexity index is 471. The Morgan fingerprint density at radius 2 is 1.86 bits per heavy atom. The summed E-state index contributed by atoms with van der Waals surface area (Å²) in [5, 5.41) is 3.09. The molecule has 0 bridgehead atoms. The number of carbonyl (C=O) groups is 2. The van der Waals surface area contributed by atoms with Crippen LogP contribution in [-0.4, -0.2) is 31.4 Å². The van der Waals surface area contributed by atoms with Crippen molar-refractivity contribution in [2.24, 2.45) is 5.92 Å². The lowest BCUT2D eigenvalue weighted by Gasteiger charge is -2.17. The van der Waals surface area contributed by atoms with Gasteiger partial charge in [-0.15, -0.1) is 0 Å². The second-order valence-electron chi connectivity index (χ2n) is 5.34. The van der Waals surface area contributed by atoms with E-state index in [9.17, 15) is 14.0 Å². The zero-order valence-electron chi connectivity index (χ0n) is 12.7. The Morgan fingerprint density at radius 3 is 2.38 bits per heavy atom. The van der Waals surface area contributed by atoms with Crippen molar-refractivity contribution < 1.29 is 18.7 Å². The lowest BCUT2D eigenvalue weighted by molar-refractivity contribution is -0.140. The van der Waals surface area contributed by atoms with Crippen molar-refractivity contribution in [2.75, 3.05) is 13.7 Å². The number of rotatable bonds is 8. The monoisotopic (exact) mass is 295 g/mol. The summed E-state index contributed by atoms with van der Waals surface area (Å²) in [6.07, 6.45) is 0.860. The van der Waals surface area contributed by atoms with Crippen LogP contribution >= 0.6 is 0 Å². The number of halogens is 1. The van der Waals surface area contributed by atoms with Crippen LogP contribution in [0, 0.1) is 11.7 Å². The summed E-state index contributed by atoms with van der Waals surface area (Å²) < 4.78 is 17.5. The van der Waals surface area contributed by atoms with Crippen LogP contribution in [0.15, 0.2) is 24.3 Å². The molecule has 5 heteroatoms. The maximum Gasteiger partial charge on any atom is 0.307 e. The maximum absolute atomic E-state index is 12.9. The summed E-state index contributed by atoms with van der Waals surface area (Å²) in [5.41, 5.74) is 0.377. The molecule has 4 nitrogen and oxygen atoms in total. The van der Waals surface area contributed by atoms with Gasteiger partial charge in [0.05, 0.1) is 19.6 Å². The molecule has 1 unspecified atom stereocenters. The molecule has 0 saturated carbocycles. The molecular formula is C16H22FNO3. The Morgan fingerprint density at radius 1 is 1.24 bits per heavy atom. The molecule has 0 aromatic heterocycles. The molecule has 0 aliphatic carbocycles. The summed E-state index contributed by atoms with van der Waals surface area (Å²) in [6.45, 7) is 4.80. The minimum atomic E-state index is -0.651. The van der Waals surface area contributed by atoms with Crippen molar-refractivity contribution in [3.05, 3.63) is 35.6 Å². The zero-order chi connectivity index (χ0) is 15.8. The normalized spacial score (nSPS) is 12.2. The summed E-state index contributed by atoms with van der Waals surface area (Å²) >= 11 is 0. The van der Waals surface area contributed by atoms with Crippen molar-refractivity contribution in [3.8, 4) is 0 Å². The van der Waals surface area contributed by atoms with Gasteiger partial charge in [-0.2, -0.15) is 0 Å². The van der Waals surface area contributed by atoms with Crippen LogP contribution < -0.4 is 5.32 Å². The summed E-state index contributed by atoms with van der Waals surface area (Å²) in [6, 6.07) is 4.66. The molecule has 1 aromatic rings. The SMILES string of the molecule is COC(=O)CC(NCCC(C)C)C(=O)c1ccc(F)cc1. The van der Waals surface area contributed by atoms with Gasteiger partial charge in [-0.3, -0.25) is 9.59 Å². The molecule has 21 heavy (non-hydrogen) atoms. The summed E-state index contributed by atoms with van der Waals surface area (Å²) in [4.78, 5) is 23.8. The second-order valence-corrected chi connectivity index (χ2v) is 5.34. The van der Waals surface area contributed by atoms with Gasteiger partial charge in [0.15, 0.2) is 5.78 Å². The first-order valence-electron chi connectivity index (χ1n) is 7.04. The van der Waals surface area contributed by atoms with Gasteiger partial charge in [-0.05, 0) is 43.1 Å². The van der Waals surface area contributed by atoms with Crippen LogP contribution in [-0.2, 0) is 9.53 Å². The molecule has 1 atom stereocenters. The predicted molar refractivity (Wildman–Crippen MR) is 78.6 cm³/mol. The Kier molecular flexibility index (Phi) is 7.02. The molecule has 1 rings (SSSR count). The van der Waals surface area contributed by atoms with E-state index in [4.69, 9.17) is 0 Å². The van der Waals surface area contributed by atoms with E-state index in [1.807, 2.05) is 0 Å². The zero-order valence-corrected chi connectivity index (χ0v) is 12.7. The first kappa shape index (κ1) is 17.3. The quantitative estimate of drug-likeness (QED) is 0.591. The first-order chi connectivity index (χ1) is 9.93. The van der Waals surface area contributed by atoms with Gasteiger partial charge in [0.25, 0.3) is 0 Å². The van der Waals surface area contributed by atoms with Crippen LogP contribution in [0.3, 0.4) is 0 Å².